The quantitative estimate of drug-likeness (QED) is 0.617. The molecule has 0 radical (unpaired) electrons. The van der Waals surface area contributed by atoms with Crippen LogP contribution in [-0.2, 0) is 11.2 Å². The molecule has 1 atom stereocenters. The van der Waals surface area contributed by atoms with E-state index in [-0.39, 0.29) is 24.2 Å². The van der Waals surface area contributed by atoms with Crippen LogP contribution in [-0.4, -0.2) is 52.2 Å². The monoisotopic (exact) mass is 437 g/mol. The van der Waals surface area contributed by atoms with E-state index in [9.17, 15) is 14.0 Å². The molecule has 1 saturated carbocycles. The maximum Gasteiger partial charge on any atom is 0.274 e. The first-order valence-corrected chi connectivity index (χ1v) is 10.8. The summed E-state index contributed by atoms with van der Waals surface area (Å²) in [4.78, 5) is 27.6. The summed E-state index contributed by atoms with van der Waals surface area (Å²) >= 11 is 0. The molecule has 0 unspecified atom stereocenters. The van der Waals surface area contributed by atoms with Crippen molar-refractivity contribution in [3.8, 4) is 11.3 Å². The van der Waals surface area contributed by atoms with E-state index in [0.717, 1.165) is 24.1 Å². The average molecular weight is 437 g/mol. The first kappa shape index (κ1) is 20.4. The molecular formula is C23H24FN5O3. The molecule has 0 spiro atoms. The molecule has 1 aromatic carbocycles. The lowest BCUT2D eigenvalue weighted by Gasteiger charge is -2.26. The van der Waals surface area contributed by atoms with Gasteiger partial charge in [0.25, 0.3) is 5.91 Å². The second-order valence-electron chi connectivity index (χ2n) is 8.68. The molecule has 8 nitrogen and oxygen atoms in total. The predicted octanol–water partition coefficient (Wildman–Crippen LogP) is 2.90. The Morgan fingerprint density at radius 2 is 2.06 bits per heavy atom. The smallest absolute Gasteiger partial charge is 0.274 e. The van der Waals surface area contributed by atoms with Crippen molar-refractivity contribution in [3.05, 3.63) is 59.4 Å². The minimum absolute atomic E-state index is 0.145. The molecule has 3 heterocycles. The first-order valence-electron chi connectivity index (χ1n) is 10.8. The number of likely N-dealkylation sites (tertiary alicyclic amines) is 1. The summed E-state index contributed by atoms with van der Waals surface area (Å²) in [6, 6.07) is 9.56. The van der Waals surface area contributed by atoms with Gasteiger partial charge >= 0.3 is 0 Å². The number of halogens is 1. The van der Waals surface area contributed by atoms with Gasteiger partial charge in [-0.1, -0.05) is 5.16 Å². The molecule has 2 aliphatic rings. The standard InChI is InChI=1S/C23H24FN5O3/c1-25-22(31)23(12-17-10-19(28-32-17)15-4-6-16(24)7-5-15)8-9-29(13-23)21(30)20-11-18(26-27-20)14-2-3-14/h4-7,10-11,14H,2-3,8-9,12-13H2,1H3,(H,25,31)(H,26,27)/t23-/m0/s1. The highest BCUT2D eigenvalue weighted by atomic mass is 19.1. The average Bonchev–Trinajstić information content (AvgIpc) is 3.19. The van der Waals surface area contributed by atoms with Gasteiger partial charge in [0.05, 0.1) is 5.41 Å². The van der Waals surface area contributed by atoms with Crippen LogP contribution in [0.1, 0.15) is 47.1 Å². The highest BCUT2D eigenvalue weighted by Crippen LogP contribution is 2.40. The maximum atomic E-state index is 13.2. The number of hydrogen-bond donors (Lipinski definition) is 2. The molecule has 32 heavy (non-hydrogen) atoms. The number of nitrogens with zero attached hydrogens (tertiary/aromatic N) is 3. The number of benzene rings is 1. The topological polar surface area (TPSA) is 104 Å². The number of carbonyl (C=O) groups excluding carboxylic acids is 2. The van der Waals surface area contributed by atoms with Gasteiger partial charge in [0.2, 0.25) is 5.91 Å². The van der Waals surface area contributed by atoms with Crippen molar-refractivity contribution in [2.45, 2.75) is 31.6 Å². The van der Waals surface area contributed by atoms with Gasteiger partial charge in [-0.15, -0.1) is 0 Å². The van der Waals surface area contributed by atoms with Crippen LogP contribution in [0, 0.1) is 11.2 Å². The van der Waals surface area contributed by atoms with Crippen LogP contribution in [0.15, 0.2) is 40.9 Å². The number of aromatic nitrogens is 3. The molecule has 1 aliphatic carbocycles. The first-order chi connectivity index (χ1) is 15.5. The van der Waals surface area contributed by atoms with E-state index in [4.69, 9.17) is 4.52 Å². The lowest BCUT2D eigenvalue weighted by atomic mass is 9.81. The van der Waals surface area contributed by atoms with E-state index >= 15 is 0 Å². The van der Waals surface area contributed by atoms with Crippen LogP contribution in [0.2, 0.25) is 0 Å². The highest BCUT2D eigenvalue weighted by molar-refractivity contribution is 5.94. The van der Waals surface area contributed by atoms with E-state index in [1.807, 2.05) is 6.07 Å². The highest BCUT2D eigenvalue weighted by Gasteiger charge is 2.47. The van der Waals surface area contributed by atoms with E-state index in [0.29, 0.717) is 42.5 Å². The number of nitrogens with one attached hydrogen (secondary N) is 2. The predicted molar refractivity (Wildman–Crippen MR) is 113 cm³/mol. The van der Waals surface area contributed by atoms with Crippen molar-refractivity contribution < 1.29 is 18.5 Å². The lowest BCUT2D eigenvalue weighted by molar-refractivity contribution is -0.130. The van der Waals surface area contributed by atoms with Crippen LogP contribution in [0.5, 0.6) is 0 Å². The molecule has 2 amide bonds. The number of hydrogen-bond acceptors (Lipinski definition) is 5. The van der Waals surface area contributed by atoms with Gasteiger partial charge in [0.15, 0.2) is 0 Å². The maximum absolute atomic E-state index is 13.2. The summed E-state index contributed by atoms with van der Waals surface area (Å²) in [5.41, 5.74) is 1.86. The zero-order valence-corrected chi connectivity index (χ0v) is 17.7. The van der Waals surface area contributed by atoms with Crippen LogP contribution in [0.4, 0.5) is 4.39 Å². The molecule has 9 heteroatoms. The van der Waals surface area contributed by atoms with E-state index in [1.54, 1.807) is 30.1 Å². The van der Waals surface area contributed by atoms with Crippen molar-refractivity contribution in [1.82, 2.24) is 25.6 Å². The Labute approximate surface area is 184 Å². The Balaban J connectivity index is 1.33. The molecule has 166 valence electrons. The number of aromatic amines is 1. The summed E-state index contributed by atoms with van der Waals surface area (Å²) in [5.74, 6) is 0.372. The van der Waals surface area contributed by atoms with E-state index < -0.39 is 5.41 Å². The minimum Gasteiger partial charge on any atom is -0.361 e. The summed E-state index contributed by atoms with van der Waals surface area (Å²) in [7, 11) is 1.59. The summed E-state index contributed by atoms with van der Waals surface area (Å²) in [6.07, 6.45) is 3.05. The van der Waals surface area contributed by atoms with Crippen LogP contribution in [0.25, 0.3) is 11.3 Å². The SMILES string of the molecule is CNC(=O)[C@]1(Cc2cc(-c3ccc(F)cc3)no2)CCN(C(=O)c2cc(C3CC3)[nH]n2)C1. The zero-order chi connectivity index (χ0) is 22.3. The minimum atomic E-state index is -0.820. The van der Waals surface area contributed by atoms with Crippen LogP contribution >= 0.6 is 0 Å². The number of amides is 2. The van der Waals surface area contributed by atoms with Crippen molar-refractivity contribution >= 4 is 11.8 Å². The fourth-order valence-corrected chi connectivity index (χ4v) is 4.42. The van der Waals surface area contributed by atoms with E-state index in [1.165, 1.54) is 12.1 Å². The third-order valence-corrected chi connectivity index (χ3v) is 6.40. The van der Waals surface area contributed by atoms with E-state index in [2.05, 4.69) is 20.7 Å². The molecule has 1 saturated heterocycles. The van der Waals surface area contributed by atoms with Crippen molar-refractivity contribution in [3.63, 3.8) is 0 Å². The Hall–Kier alpha value is -3.49. The second-order valence-corrected chi connectivity index (χ2v) is 8.68. The molecule has 5 rings (SSSR count). The van der Waals surface area contributed by atoms with Crippen molar-refractivity contribution in [2.75, 3.05) is 20.1 Å². The van der Waals surface area contributed by atoms with Crippen molar-refractivity contribution in [1.29, 1.82) is 0 Å². The van der Waals surface area contributed by atoms with Gasteiger partial charge in [-0.3, -0.25) is 14.7 Å². The molecule has 2 fully saturated rings. The number of rotatable bonds is 6. The molecule has 1 aliphatic heterocycles. The summed E-state index contributed by atoms with van der Waals surface area (Å²) in [6.45, 7) is 0.723. The summed E-state index contributed by atoms with van der Waals surface area (Å²) in [5, 5.41) is 14.0. The van der Waals surface area contributed by atoms with Crippen LogP contribution in [0.3, 0.4) is 0 Å². The normalized spacial score (nSPS) is 20.5. The molecule has 0 bridgehead atoms. The van der Waals surface area contributed by atoms with Gasteiger partial charge in [-0.25, -0.2) is 4.39 Å². The lowest BCUT2D eigenvalue weighted by Crippen LogP contribution is -2.44. The molecule has 3 aromatic rings. The molecule has 2 N–H and O–H groups in total. The zero-order valence-electron chi connectivity index (χ0n) is 17.7. The Morgan fingerprint density at radius 1 is 1.28 bits per heavy atom. The molecule has 2 aromatic heterocycles. The third-order valence-electron chi connectivity index (χ3n) is 6.40. The van der Waals surface area contributed by atoms with Gasteiger partial charge in [0.1, 0.15) is 23.0 Å². The second kappa shape index (κ2) is 7.89. The Morgan fingerprint density at radius 3 is 2.78 bits per heavy atom. The van der Waals surface area contributed by atoms with Crippen LogP contribution < -0.4 is 5.32 Å². The number of carbonyl (C=O) groups is 2. The van der Waals surface area contributed by atoms with Gasteiger partial charge in [0, 0.05) is 49.8 Å². The largest absolute Gasteiger partial charge is 0.361 e. The third kappa shape index (κ3) is 3.79. The fraction of sp³-hybridized carbons (Fsp3) is 0.391. The van der Waals surface area contributed by atoms with Gasteiger partial charge in [-0.2, -0.15) is 5.10 Å². The fourth-order valence-electron chi connectivity index (χ4n) is 4.42. The number of H-pyrrole nitrogens is 1. The Bertz CT molecular complexity index is 1150. The summed E-state index contributed by atoms with van der Waals surface area (Å²) < 4.78 is 18.7. The Kier molecular flexibility index (Phi) is 5.03. The van der Waals surface area contributed by atoms with Crippen molar-refractivity contribution in [2.24, 2.45) is 5.41 Å². The van der Waals surface area contributed by atoms with Gasteiger partial charge < -0.3 is 14.7 Å². The van der Waals surface area contributed by atoms with Gasteiger partial charge in [-0.05, 0) is 49.6 Å². The molecular weight excluding hydrogens is 413 g/mol.